The van der Waals surface area contributed by atoms with E-state index >= 15 is 0 Å². The molecule has 1 aliphatic rings. The lowest BCUT2D eigenvalue weighted by Gasteiger charge is -2.26. The smallest absolute Gasteiger partial charge is 0.0655 e. The third kappa shape index (κ3) is 5.62. The van der Waals surface area contributed by atoms with Crippen molar-refractivity contribution in [1.82, 2.24) is 4.57 Å². The third-order valence-electron chi connectivity index (χ3n) is 12.0. The highest BCUT2D eigenvalue weighted by Crippen LogP contribution is 2.50. The number of para-hydroxylation sites is 1. The molecule has 11 rings (SSSR count). The average Bonchev–Trinajstić information content (AvgIpc) is 3.92. The summed E-state index contributed by atoms with van der Waals surface area (Å²) in [6, 6.07) is 75.3. The van der Waals surface area contributed by atoms with Gasteiger partial charge in [-0.25, -0.2) is 0 Å². The van der Waals surface area contributed by atoms with Crippen LogP contribution in [0.5, 0.6) is 0 Å². The molecule has 8 aromatic carbocycles. The fraction of sp³-hybridized carbons (Fsp3) is 0.0545. The van der Waals surface area contributed by atoms with Gasteiger partial charge in [-0.2, -0.15) is 0 Å². The summed E-state index contributed by atoms with van der Waals surface area (Å²) in [4.78, 5) is 3.61. The first-order valence-corrected chi connectivity index (χ1v) is 20.8. The predicted molar refractivity (Wildman–Crippen MR) is 247 cm³/mol. The summed E-state index contributed by atoms with van der Waals surface area (Å²) in [5.41, 5.74) is 18.5. The van der Waals surface area contributed by atoms with E-state index < -0.39 is 0 Å². The van der Waals surface area contributed by atoms with Crippen molar-refractivity contribution in [3.05, 3.63) is 217 Å². The second kappa shape index (κ2) is 13.6. The van der Waals surface area contributed by atoms with E-state index in [2.05, 4.69) is 230 Å². The molecule has 1 aliphatic carbocycles. The number of rotatable bonds is 7. The van der Waals surface area contributed by atoms with Crippen LogP contribution in [0.2, 0.25) is 0 Å². The standard InChI is InChI=1S/C55H40N2S/c1-55(2)49-19-11-9-17-46(49)47-34-33-45(35-50(47)55)57-51-20-12-10-18-48(51)54-52(57)36-53(58-54)41-25-31-44(32-26-41)56(42-27-21-39(22-28-42)37-13-5-3-6-14-37)43-29-23-40(24-30-43)38-15-7-4-8-16-38/h3-36H,1-2H3. The normalized spacial score (nSPS) is 12.8. The molecule has 0 bridgehead atoms. The average molecular weight is 761 g/mol. The van der Waals surface area contributed by atoms with Gasteiger partial charge in [0.25, 0.3) is 0 Å². The van der Waals surface area contributed by atoms with Crippen LogP contribution in [-0.4, -0.2) is 4.57 Å². The van der Waals surface area contributed by atoms with Crippen LogP contribution < -0.4 is 4.90 Å². The fourth-order valence-electron chi connectivity index (χ4n) is 9.07. The van der Waals surface area contributed by atoms with E-state index in [9.17, 15) is 0 Å². The van der Waals surface area contributed by atoms with Gasteiger partial charge in [0.05, 0.1) is 15.7 Å². The van der Waals surface area contributed by atoms with E-state index in [1.165, 1.54) is 81.8 Å². The molecule has 0 radical (unpaired) electrons. The highest BCUT2D eigenvalue weighted by molar-refractivity contribution is 7.23. The van der Waals surface area contributed by atoms with Crippen molar-refractivity contribution < 1.29 is 0 Å². The van der Waals surface area contributed by atoms with Crippen molar-refractivity contribution in [2.45, 2.75) is 19.3 Å². The Balaban J connectivity index is 0.979. The van der Waals surface area contributed by atoms with E-state index in [1.807, 2.05) is 11.3 Å². The molecule has 0 amide bonds. The van der Waals surface area contributed by atoms with Crippen molar-refractivity contribution in [3.8, 4) is 49.5 Å². The van der Waals surface area contributed by atoms with Crippen LogP contribution >= 0.6 is 11.3 Å². The molecule has 0 saturated carbocycles. The lowest BCUT2D eigenvalue weighted by Crippen LogP contribution is -2.15. The molecule has 0 aliphatic heterocycles. The number of benzene rings is 8. The van der Waals surface area contributed by atoms with Crippen molar-refractivity contribution in [2.75, 3.05) is 4.90 Å². The lowest BCUT2D eigenvalue weighted by molar-refractivity contribution is 0.660. The minimum Gasteiger partial charge on any atom is -0.311 e. The van der Waals surface area contributed by atoms with Gasteiger partial charge in [0.1, 0.15) is 0 Å². The molecular formula is C55H40N2S. The molecule has 2 aromatic heterocycles. The van der Waals surface area contributed by atoms with Gasteiger partial charge in [0.15, 0.2) is 0 Å². The topological polar surface area (TPSA) is 8.17 Å². The Morgan fingerprint density at radius 2 is 0.914 bits per heavy atom. The molecule has 276 valence electrons. The summed E-state index contributed by atoms with van der Waals surface area (Å²) in [6.07, 6.45) is 0. The second-order valence-corrected chi connectivity index (χ2v) is 16.8. The predicted octanol–water partition coefficient (Wildman–Crippen LogP) is 15.6. The first-order chi connectivity index (χ1) is 28.5. The summed E-state index contributed by atoms with van der Waals surface area (Å²) in [5, 5.41) is 1.29. The van der Waals surface area contributed by atoms with Gasteiger partial charge in [-0.1, -0.05) is 159 Å². The quantitative estimate of drug-likeness (QED) is 0.157. The number of aromatic nitrogens is 1. The van der Waals surface area contributed by atoms with Crippen LogP contribution in [-0.2, 0) is 5.41 Å². The minimum atomic E-state index is -0.0622. The van der Waals surface area contributed by atoms with Crippen molar-refractivity contribution in [2.24, 2.45) is 0 Å². The Bertz CT molecular complexity index is 3020. The van der Waals surface area contributed by atoms with Crippen LogP contribution in [0.1, 0.15) is 25.0 Å². The highest BCUT2D eigenvalue weighted by atomic mass is 32.1. The molecule has 58 heavy (non-hydrogen) atoms. The number of anilines is 3. The first kappa shape index (κ1) is 34.3. The fourth-order valence-corrected chi connectivity index (χ4v) is 10.3. The minimum absolute atomic E-state index is 0.0622. The van der Waals surface area contributed by atoms with Gasteiger partial charge in [-0.05, 0) is 111 Å². The Morgan fingerprint density at radius 3 is 1.53 bits per heavy atom. The van der Waals surface area contributed by atoms with E-state index in [-0.39, 0.29) is 5.41 Å². The first-order valence-electron chi connectivity index (χ1n) is 20.0. The molecule has 0 atom stereocenters. The zero-order valence-electron chi connectivity index (χ0n) is 32.4. The van der Waals surface area contributed by atoms with E-state index in [1.54, 1.807) is 0 Å². The van der Waals surface area contributed by atoms with E-state index in [0.717, 1.165) is 17.1 Å². The van der Waals surface area contributed by atoms with Crippen LogP contribution in [0, 0.1) is 0 Å². The van der Waals surface area contributed by atoms with Gasteiger partial charge < -0.3 is 9.47 Å². The Kier molecular flexibility index (Phi) is 8.06. The number of hydrogen-bond donors (Lipinski definition) is 0. The third-order valence-corrected chi connectivity index (χ3v) is 13.3. The number of fused-ring (bicyclic) bond motifs is 6. The van der Waals surface area contributed by atoms with E-state index in [0.29, 0.717) is 0 Å². The summed E-state index contributed by atoms with van der Waals surface area (Å²) in [5.74, 6) is 0. The molecule has 0 N–H and O–H groups in total. The Hall–Kier alpha value is -6.94. The molecule has 0 unspecified atom stereocenters. The lowest BCUT2D eigenvalue weighted by atomic mass is 9.82. The summed E-state index contributed by atoms with van der Waals surface area (Å²) in [7, 11) is 0. The summed E-state index contributed by atoms with van der Waals surface area (Å²) >= 11 is 1.88. The summed E-state index contributed by atoms with van der Waals surface area (Å²) < 4.78 is 3.79. The molecule has 0 fully saturated rings. The molecule has 2 nitrogen and oxygen atoms in total. The van der Waals surface area contributed by atoms with Crippen molar-refractivity contribution in [3.63, 3.8) is 0 Å². The molecular weight excluding hydrogens is 721 g/mol. The molecule has 2 heterocycles. The second-order valence-electron chi connectivity index (χ2n) is 15.8. The summed E-state index contributed by atoms with van der Waals surface area (Å²) in [6.45, 7) is 4.72. The van der Waals surface area contributed by atoms with Crippen LogP contribution in [0.25, 0.3) is 70.6 Å². The van der Waals surface area contributed by atoms with Gasteiger partial charge in [0.2, 0.25) is 0 Å². The maximum absolute atomic E-state index is 2.47. The Labute approximate surface area is 343 Å². The van der Waals surface area contributed by atoms with Gasteiger partial charge in [-0.15, -0.1) is 11.3 Å². The van der Waals surface area contributed by atoms with Gasteiger partial charge in [-0.3, -0.25) is 0 Å². The zero-order chi connectivity index (χ0) is 38.8. The molecule has 0 saturated heterocycles. The molecule has 0 spiro atoms. The SMILES string of the molecule is CC1(C)c2ccccc2-c2ccc(-n3c4ccccc4c4sc(-c5ccc(N(c6ccc(-c7ccccc7)cc6)c6ccc(-c7ccccc7)cc6)cc5)cc43)cc21. The molecule has 3 heteroatoms. The largest absolute Gasteiger partial charge is 0.311 e. The maximum Gasteiger partial charge on any atom is 0.0655 e. The van der Waals surface area contributed by atoms with Crippen LogP contribution in [0.3, 0.4) is 0 Å². The van der Waals surface area contributed by atoms with Crippen molar-refractivity contribution in [1.29, 1.82) is 0 Å². The number of thiophene rings is 1. The number of nitrogens with zero attached hydrogens (tertiary/aromatic N) is 2. The van der Waals surface area contributed by atoms with Crippen LogP contribution in [0.15, 0.2) is 206 Å². The van der Waals surface area contributed by atoms with Gasteiger partial charge in [0, 0.05) is 38.4 Å². The number of hydrogen-bond acceptors (Lipinski definition) is 2. The van der Waals surface area contributed by atoms with Crippen LogP contribution in [0.4, 0.5) is 17.1 Å². The zero-order valence-corrected chi connectivity index (χ0v) is 33.2. The van der Waals surface area contributed by atoms with E-state index in [4.69, 9.17) is 0 Å². The Morgan fingerprint density at radius 1 is 0.414 bits per heavy atom. The molecule has 10 aromatic rings. The van der Waals surface area contributed by atoms with Crippen molar-refractivity contribution >= 4 is 49.5 Å². The maximum atomic E-state index is 2.47. The monoisotopic (exact) mass is 760 g/mol. The van der Waals surface area contributed by atoms with Gasteiger partial charge >= 0.3 is 0 Å². The highest BCUT2D eigenvalue weighted by Gasteiger charge is 2.35.